The van der Waals surface area contributed by atoms with Crippen LogP contribution in [-0.4, -0.2) is 16.9 Å². The van der Waals surface area contributed by atoms with Crippen LogP contribution < -0.4 is 11.1 Å². The van der Waals surface area contributed by atoms with Gasteiger partial charge in [0, 0.05) is 30.1 Å². The van der Waals surface area contributed by atoms with E-state index in [1.807, 2.05) is 44.2 Å². The molecule has 1 amide bonds. The third-order valence-corrected chi connectivity index (χ3v) is 3.37. The minimum atomic E-state index is -0.192. The van der Waals surface area contributed by atoms with Gasteiger partial charge in [-0.2, -0.15) is 0 Å². The van der Waals surface area contributed by atoms with Gasteiger partial charge in [0.2, 0.25) is 5.91 Å². The summed E-state index contributed by atoms with van der Waals surface area (Å²) in [7, 11) is 0. The molecule has 0 aliphatic carbocycles. The van der Waals surface area contributed by atoms with Crippen molar-refractivity contribution in [2.75, 3.05) is 0 Å². The number of carbonyl (C=O) groups excluding carboxylic acids is 1. The first-order valence-electron chi connectivity index (χ1n) is 6.45. The van der Waals surface area contributed by atoms with E-state index in [2.05, 4.69) is 10.3 Å². The Labute approximate surface area is 137 Å². The molecule has 0 spiro atoms. The molecule has 2 rings (SSSR count). The molecule has 0 bridgehead atoms. The van der Waals surface area contributed by atoms with Crippen molar-refractivity contribution in [2.24, 2.45) is 11.7 Å². The second kappa shape index (κ2) is 8.82. The first-order chi connectivity index (χ1) is 9.09. The van der Waals surface area contributed by atoms with E-state index in [1.165, 1.54) is 0 Å². The van der Waals surface area contributed by atoms with E-state index in [4.69, 9.17) is 5.73 Å². The van der Waals surface area contributed by atoms with E-state index < -0.39 is 0 Å². The number of pyridine rings is 1. The maximum Gasteiger partial charge on any atom is 0.224 e. The van der Waals surface area contributed by atoms with Gasteiger partial charge in [-0.15, -0.1) is 24.8 Å². The Hall–Kier alpha value is -1.36. The highest BCUT2D eigenvalue weighted by Crippen LogP contribution is 2.15. The van der Waals surface area contributed by atoms with Crippen molar-refractivity contribution >= 4 is 41.6 Å². The number of rotatable bonds is 4. The predicted octanol–water partition coefficient (Wildman–Crippen LogP) is 2.68. The second-order valence-electron chi connectivity index (χ2n) is 4.86. The standard InChI is InChI=1S/C15H19N3O.2ClH/c1-10(11(2)16)15(19)18-9-13-6-3-5-12-7-4-8-17-14(12)13;;/h3-8,10-11H,9,16H2,1-2H3,(H,18,19);2*1H. The molecule has 0 radical (unpaired) electrons. The monoisotopic (exact) mass is 329 g/mol. The Bertz CT molecular complexity index is 585. The number of aromatic nitrogens is 1. The molecule has 0 aliphatic heterocycles. The topological polar surface area (TPSA) is 68.0 Å². The van der Waals surface area contributed by atoms with Gasteiger partial charge in [-0.25, -0.2) is 0 Å². The van der Waals surface area contributed by atoms with Crippen LogP contribution in [0, 0.1) is 5.92 Å². The maximum atomic E-state index is 11.9. The number of amides is 1. The zero-order chi connectivity index (χ0) is 13.8. The Kier molecular flexibility index (Phi) is 8.25. The molecule has 21 heavy (non-hydrogen) atoms. The predicted molar refractivity (Wildman–Crippen MR) is 90.9 cm³/mol. The van der Waals surface area contributed by atoms with Crippen molar-refractivity contribution in [3.8, 4) is 0 Å². The molecule has 2 unspecified atom stereocenters. The molecule has 1 heterocycles. The van der Waals surface area contributed by atoms with Crippen LogP contribution in [0.25, 0.3) is 10.9 Å². The number of fused-ring (bicyclic) bond motifs is 1. The minimum Gasteiger partial charge on any atom is -0.352 e. The number of nitrogens with zero attached hydrogens (tertiary/aromatic N) is 1. The molecule has 0 saturated carbocycles. The number of carbonyl (C=O) groups is 1. The van der Waals surface area contributed by atoms with E-state index >= 15 is 0 Å². The van der Waals surface area contributed by atoms with Crippen LogP contribution in [0.15, 0.2) is 36.5 Å². The summed E-state index contributed by atoms with van der Waals surface area (Å²) in [6, 6.07) is 9.73. The van der Waals surface area contributed by atoms with Gasteiger partial charge in [0.25, 0.3) is 0 Å². The lowest BCUT2D eigenvalue weighted by Gasteiger charge is -2.15. The maximum absolute atomic E-state index is 11.9. The smallest absolute Gasteiger partial charge is 0.224 e. The number of nitrogens with one attached hydrogen (secondary N) is 1. The van der Waals surface area contributed by atoms with Crippen molar-refractivity contribution in [2.45, 2.75) is 26.4 Å². The van der Waals surface area contributed by atoms with Crippen LogP contribution in [0.5, 0.6) is 0 Å². The highest BCUT2D eigenvalue weighted by Gasteiger charge is 2.16. The van der Waals surface area contributed by atoms with Gasteiger partial charge in [0.05, 0.1) is 5.52 Å². The van der Waals surface area contributed by atoms with E-state index in [-0.39, 0.29) is 42.7 Å². The first kappa shape index (κ1) is 19.6. The molecule has 0 saturated heterocycles. The summed E-state index contributed by atoms with van der Waals surface area (Å²) in [5.74, 6) is -0.217. The van der Waals surface area contributed by atoms with E-state index in [1.54, 1.807) is 6.20 Å². The van der Waals surface area contributed by atoms with Crippen molar-refractivity contribution in [3.63, 3.8) is 0 Å². The molecule has 2 aromatic rings. The molecule has 1 aromatic heterocycles. The SMILES string of the molecule is CC(N)C(C)C(=O)NCc1cccc2cccnc12.Cl.Cl. The molecule has 2 atom stereocenters. The summed E-state index contributed by atoms with van der Waals surface area (Å²) in [6.45, 7) is 4.15. The zero-order valence-electron chi connectivity index (χ0n) is 12.1. The quantitative estimate of drug-likeness (QED) is 0.906. The summed E-state index contributed by atoms with van der Waals surface area (Å²) in [6.07, 6.45) is 1.76. The third-order valence-electron chi connectivity index (χ3n) is 3.37. The van der Waals surface area contributed by atoms with Crippen LogP contribution in [-0.2, 0) is 11.3 Å². The van der Waals surface area contributed by atoms with Gasteiger partial charge < -0.3 is 11.1 Å². The number of halogens is 2. The molecule has 4 nitrogen and oxygen atoms in total. The molecule has 1 aromatic carbocycles. The lowest BCUT2D eigenvalue weighted by molar-refractivity contribution is -0.125. The van der Waals surface area contributed by atoms with Crippen LogP contribution in [0.2, 0.25) is 0 Å². The third kappa shape index (κ3) is 4.84. The first-order valence-corrected chi connectivity index (χ1v) is 6.45. The van der Waals surface area contributed by atoms with Crippen molar-refractivity contribution in [1.29, 1.82) is 0 Å². The average molecular weight is 330 g/mol. The number of hydrogen-bond acceptors (Lipinski definition) is 3. The number of benzene rings is 1. The summed E-state index contributed by atoms with van der Waals surface area (Å²) in [4.78, 5) is 16.2. The van der Waals surface area contributed by atoms with Crippen LogP contribution in [0.1, 0.15) is 19.4 Å². The summed E-state index contributed by atoms with van der Waals surface area (Å²) < 4.78 is 0. The van der Waals surface area contributed by atoms with E-state index in [0.717, 1.165) is 16.5 Å². The lowest BCUT2D eigenvalue weighted by Crippen LogP contribution is -2.38. The van der Waals surface area contributed by atoms with Crippen molar-refractivity contribution in [3.05, 3.63) is 42.1 Å². The van der Waals surface area contributed by atoms with Crippen LogP contribution in [0.3, 0.4) is 0 Å². The molecule has 0 fully saturated rings. The number of hydrogen-bond donors (Lipinski definition) is 2. The summed E-state index contributed by atoms with van der Waals surface area (Å²) in [5, 5.41) is 3.99. The van der Waals surface area contributed by atoms with Crippen molar-refractivity contribution in [1.82, 2.24) is 10.3 Å². The fraction of sp³-hybridized carbons (Fsp3) is 0.333. The van der Waals surface area contributed by atoms with Gasteiger partial charge in [0.15, 0.2) is 0 Å². The summed E-state index contributed by atoms with van der Waals surface area (Å²) >= 11 is 0. The van der Waals surface area contributed by atoms with Gasteiger partial charge in [-0.3, -0.25) is 9.78 Å². The average Bonchev–Trinajstić information content (AvgIpc) is 2.43. The normalized spacial score (nSPS) is 12.7. The van der Waals surface area contributed by atoms with E-state index in [9.17, 15) is 4.79 Å². The minimum absolute atomic E-state index is 0. The molecule has 3 N–H and O–H groups in total. The number of para-hydroxylation sites is 1. The molecule has 116 valence electrons. The Morgan fingerprint density at radius 1 is 1.24 bits per heavy atom. The molecular formula is C15H21Cl2N3O. The highest BCUT2D eigenvalue weighted by molar-refractivity contribution is 5.85. The van der Waals surface area contributed by atoms with Crippen molar-refractivity contribution < 1.29 is 4.79 Å². The Morgan fingerprint density at radius 2 is 1.90 bits per heavy atom. The molecule has 0 aliphatic rings. The molecular weight excluding hydrogens is 309 g/mol. The van der Waals surface area contributed by atoms with Crippen LogP contribution >= 0.6 is 24.8 Å². The van der Waals surface area contributed by atoms with Gasteiger partial charge in [-0.1, -0.05) is 31.2 Å². The Balaban J connectivity index is 0.00000200. The fourth-order valence-corrected chi connectivity index (χ4v) is 1.89. The molecule has 6 heteroatoms. The lowest BCUT2D eigenvalue weighted by atomic mass is 10.0. The Morgan fingerprint density at radius 3 is 2.57 bits per heavy atom. The fourth-order valence-electron chi connectivity index (χ4n) is 1.89. The van der Waals surface area contributed by atoms with Crippen LogP contribution in [0.4, 0.5) is 0 Å². The largest absolute Gasteiger partial charge is 0.352 e. The second-order valence-corrected chi connectivity index (χ2v) is 4.86. The van der Waals surface area contributed by atoms with Gasteiger partial charge in [-0.05, 0) is 18.6 Å². The van der Waals surface area contributed by atoms with Gasteiger partial charge >= 0.3 is 0 Å². The number of nitrogens with two attached hydrogens (primary N) is 1. The zero-order valence-corrected chi connectivity index (χ0v) is 13.7. The van der Waals surface area contributed by atoms with Gasteiger partial charge in [0.1, 0.15) is 0 Å². The summed E-state index contributed by atoms with van der Waals surface area (Å²) in [5.41, 5.74) is 7.67. The highest BCUT2D eigenvalue weighted by atomic mass is 35.5. The van der Waals surface area contributed by atoms with E-state index in [0.29, 0.717) is 6.54 Å².